The fourth-order valence-corrected chi connectivity index (χ4v) is 4.06. The number of thioether (sulfide) groups is 1. The molecule has 0 saturated carbocycles. The number of carbonyl (C=O) groups is 1. The topological polar surface area (TPSA) is 81.4 Å². The lowest BCUT2D eigenvalue weighted by molar-refractivity contribution is 0.103. The Balaban J connectivity index is 1.47. The Morgan fingerprint density at radius 2 is 1.79 bits per heavy atom. The number of phenols is 1. The van der Waals surface area contributed by atoms with Crippen molar-refractivity contribution in [3.63, 3.8) is 0 Å². The van der Waals surface area contributed by atoms with Gasteiger partial charge in [0.2, 0.25) is 5.88 Å². The number of hydrogen-bond acceptors (Lipinski definition) is 6. The number of carbonyl (C=O) groups excluding carboxylic acids is 1. The average molecular weight is 408 g/mol. The maximum absolute atomic E-state index is 12.5. The molecule has 0 bridgehead atoms. The molecule has 0 spiro atoms. The van der Waals surface area contributed by atoms with Crippen LogP contribution in [0.15, 0.2) is 58.5 Å². The van der Waals surface area contributed by atoms with Crippen molar-refractivity contribution >= 4 is 17.5 Å². The van der Waals surface area contributed by atoms with Gasteiger partial charge in [-0.15, -0.1) is 0 Å². The van der Waals surface area contributed by atoms with Crippen molar-refractivity contribution in [2.24, 2.45) is 0 Å². The number of aromatic nitrogens is 2. The molecule has 0 unspecified atom stereocenters. The highest BCUT2D eigenvalue weighted by Gasteiger charge is 2.18. The third-order valence-electron chi connectivity index (χ3n) is 4.79. The van der Waals surface area contributed by atoms with Crippen LogP contribution in [0.5, 0.6) is 11.6 Å². The number of aromatic hydroxyl groups is 1. The number of rotatable bonds is 5. The fourth-order valence-electron chi connectivity index (χ4n) is 3.13. The number of ether oxygens (including phenoxy) is 1. The molecule has 0 aliphatic carbocycles. The first-order valence-electron chi connectivity index (χ1n) is 9.32. The number of nitrogens with zero attached hydrogens (tertiary/aromatic N) is 2. The van der Waals surface area contributed by atoms with Crippen LogP contribution in [0.3, 0.4) is 0 Å². The predicted octanol–water partition coefficient (Wildman–Crippen LogP) is 3.56. The van der Waals surface area contributed by atoms with Gasteiger partial charge in [-0.2, -0.15) is 4.98 Å². The van der Waals surface area contributed by atoms with Crippen LogP contribution in [0.2, 0.25) is 0 Å². The summed E-state index contributed by atoms with van der Waals surface area (Å²) in [7, 11) is 0. The Bertz CT molecular complexity index is 1110. The van der Waals surface area contributed by atoms with Crippen LogP contribution in [0.4, 0.5) is 0 Å². The van der Waals surface area contributed by atoms with Crippen LogP contribution in [0.25, 0.3) is 0 Å². The van der Waals surface area contributed by atoms with Crippen molar-refractivity contribution in [3.05, 3.63) is 81.1 Å². The van der Waals surface area contributed by atoms with E-state index in [0.29, 0.717) is 34.3 Å². The average Bonchev–Trinajstić information content (AvgIpc) is 2.76. The normalized spacial score (nSPS) is 13.0. The molecule has 7 heteroatoms. The van der Waals surface area contributed by atoms with E-state index in [9.17, 15) is 14.7 Å². The Labute approximate surface area is 172 Å². The summed E-state index contributed by atoms with van der Waals surface area (Å²) in [5.74, 6) is 1.32. The zero-order valence-electron chi connectivity index (χ0n) is 15.9. The Morgan fingerprint density at radius 1 is 1.14 bits per heavy atom. The van der Waals surface area contributed by atoms with E-state index < -0.39 is 0 Å². The van der Waals surface area contributed by atoms with Crippen molar-refractivity contribution in [1.82, 2.24) is 9.55 Å². The van der Waals surface area contributed by atoms with E-state index >= 15 is 0 Å². The largest absolute Gasteiger partial charge is 0.508 e. The zero-order valence-corrected chi connectivity index (χ0v) is 16.7. The molecule has 0 atom stereocenters. The SMILES string of the molecule is Cc1c(OCc2ccc(C(=O)c3ccc(O)cc3)cc2)nc2n(c1=O)CCCS2. The lowest BCUT2D eigenvalue weighted by Crippen LogP contribution is -2.28. The predicted molar refractivity (Wildman–Crippen MR) is 111 cm³/mol. The first-order chi connectivity index (χ1) is 14.0. The van der Waals surface area contributed by atoms with Crippen molar-refractivity contribution < 1.29 is 14.6 Å². The number of phenolic OH excluding ortho intramolecular Hbond substituents is 1. The summed E-state index contributed by atoms with van der Waals surface area (Å²) >= 11 is 1.57. The minimum absolute atomic E-state index is 0.0490. The molecule has 4 rings (SSSR count). The summed E-state index contributed by atoms with van der Waals surface area (Å²) in [4.78, 5) is 29.5. The van der Waals surface area contributed by atoms with Gasteiger partial charge in [-0.3, -0.25) is 14.2 Å². The quantitative estimate of drug-likeness (QED) is 0.514. The summed E-state index contributed by atoms with van der Waals surface area (Å²) in [6.45, 7) is 2.69. The maximum Gasteiger partial charge on any atom is 0.260 e. The number of fused-ring (bicyclic) bond motifs is 1. The van der Waals surface area contributed by atoms with Crippen LogP contribution in [0, 0.1) is 6.92 Å². The van der Waals surface area contributed by atoms with Gasteiger partial charge in [-0.25, -0.2) is 0 Å². The molecular weight excluding hydrogens is 388 g/mol. The monoisotopic (exact) mass is 408 g/mol. The van der Waals surface area contributed by atoms with Gasteiger partial charge in [-0.05, 0) is 43.2 Å². The van der Waals surface area contributed by atoms with E-state index in [2.05, 4.69) is 4.98 Å². The van der Waals surface area contributed by atoms with Crippen molar-refractivity contribution in [2.45, 2.75) is 31.7 Å². The van der Waals surface area contributed by atoms with E-state index in [-0.39, 0.29) is 23.7 Å². The van der Waals surface area contributed by atoms with Crippen LogP contribution in [0.1, 0.15) is 33.5 Å². The second-order valence-corrected chi connectivity index (χ2v) is 7.91. The molecular formula is C22H20N2O4S. The number of benzene rings is 2. The standard InChI is InChI=1S/C22H20N2O4S/c1-14-20(23-22-24(21(14)27)11-2-12-29-22)28-13-15-3-5-16(6-4-15)19(26)17-7-9-18(25)10-8-17/h3-10,25H,2,11-13H2,1H3. The molecule has 29 heavy (non-hydrogen) atoms. The van der Waals surface area contributed by atoms with Gasteiger partial charge >= 0.3 is 0 Å². The molecule has 2 aromatic carbocycles. The van der Waals surface area contributed by atoms with Crippen molar-refractivity contribution in [2.75, 3.05) is 5.75 Å². The molecule has 2 heterocycles. The lowest BCUT2D eigenvalue weighted by Gasteiger charge is -2.18. The highest BCUT2D eigenvalue weighted by Crippen LogP contribution is 2.25. The van der Waals surface area contributed by atoms with E-state index in [1.807, 2.05) is 12.1 Å². The summed E-state index contributed by atoms with van der Waals surface area (Å²) < 4.78 is 7.53. The van der Waals surface area contributed by atoms with E-state index in [0.717, 1.165) is 17.7 Å². The molecule has 0 amide bonds. The minimum atomic E-state index is -0.116. The first-order valence-corrected chi connectivity index (χ1v) is 10.3. The Morgan fingerprint density at radius 3 is 2.48 bits per heavy atom. The van der Waals surface area contributed by atoms with Crippen LogP contribution >= 0.6 is 11.8 Å². The fraction of sp³-hybridized carbons (Fsp3) is 0.227. The van der Waals surface area contributed by atoms with Gasteiger partial charge in [-0.1, -0.05) is 36.0 Å². The number of ketones is 1. The van der Waals surface area contributed by atoms with Crippen LogP contribution in [-0.2, 0) is 13.2 Å². The molecule has 1 aliphatic heterocycles. The van der Waals surface area contributed by atoms with Gasteiger partial charge in [0.15, 0.2) is 10.9 Å². The smallest absolute Gasteiger partial charge is 0.260 e. The van der Waals surface area contributed by atoms with Crippen molar-refractivity contribution in [1.29, 1.82) is 0 Å². The van der Waals surface area contributed by atoms with Gasteiger partial charge in [0, 0.05) is 23.4 Å². The molecule has 1 aliphatic rings. The van der Waals surface area contributed by atoms with E-state index in [1.165, 1.54) is 12.1 Å². The molecule has 6 nitrogen and oxygen atoms in total. The highest BCUT2D eigenvalue weighted by molar-refractivity contribution is 7.99. The summed E-state index contributed by atoms with van der Waals surface area (Å²) in [6.07, 6.45) is 0.966. The summed E-state index contributed by atoms with van der Waals surface area (Å²) in [5.41, 5.74) is 2.40. The molecule has 3 aromatic rings. The van der Waals surface area contributed by atoms with Gasteiger partial charge in [0.1, 0.15) is 12.4 Å². The third-order valence-corrected chi connectivity index (χ3v) is 5.86. The van der Waals surface area contributed by atoms with Gasteiger partial charge < -0.3 is 9.84 Å². The summed E-state index contributed by atoms with van der Waals surface area (Å²) in [6, 6.07) is 13.3. The minimum Gasteiger partial charge on any atom is -0.508 e. The maximum atomic E-state index is 12.5. The molecule has 1 N–H and O–H groups in total. The Hall–Kier alpha value is -3.06. The third kappa shape index (κ3) is 4.05. The molecule has 1 aromatic heterocycles. The number of hydrogen-bond donors (Lipinski definition) is 1. The lowest BCUT2D eigenvalue weighted by atomic mass is 10.0. The van der Waals surface area contributed by atoms with Crippen LogP contribution < -0.4 is 10.3 Å². The summed E-state index contributed by atoms with van der Waals surface area (Å²) in [5, 5.41) is 10.1. The van der Waals surface area contributed by atoms with Gasteiger partial charge in [0.25, 0.3) is 5.56 Å². The highest BCUT2D eigenvalue weighted by atomic mass is 32.2. The van der Waals surface area contributed by atoms with E-state index in [1.54, 1.807) is 47.5 Å². The van der Waals surface area contributed by atoms with Gasteiger partial charge in [0.05, 0.1) is 5.56 Å². The zero-order chi connectivity index (χ0) is 20.4. The second kappa shape index (κ2) is 8.13. The van der Waals surface area contributed by atoms with E-state index in [4.69, 9.17) is 4.74 Å². The second-order valence-electron chi connectivity index (χ2n) is 6.84. The molecule has 0 fully saturated rings. The van der Waals surface area contributed by atoms with Crippen LogP contribution in [-0.4, -0.2) is 26.2 Å². The molecule has 0 radical (unpaired) electrons. The Kier molecular flexibility index (Phi) is 5.40. The molecule has 148 valence electrons. The van der Waals surface area contributed by atoms with Crippen molar-refractivity contribution in [3.8, 4) is 11.6 Å². The molecule has 0 saturated heterocycles. The first kappa shape index (κ1) is 19.3.